The molecule has 1 aromatic heterocycles. The van der Waals surface area contributed by atoms with Crippen LogP contribution in [0.3, 0.4) is 0 Å². The van der Waals surface area contributed by atoms with Crippen LogP contribution in [-0.4, -0.2) is 282 Å². The van der Waals surface area contributed by atoms with Crippen molar-refractivity contribution in [2.75, 3.05) is 26.2 Å². The van der Waals surface area contributed by atoms with Crippen molar-refractivity contribution in [1.82, 2.24) is 89.7 Å². The number of primary amides is 1. The predicted molar refractivity (Wildman–Crippen MR) is 465 cm³/mol. The molecule has 16 atom stereocenters. The minimum Gasteiger partial charge on any atom is -0.481 e. The van der Waals surface area contributed by atoms with E-state index >= 15 is 0 Å². The number of amides is 15. The average Bonchev–Trinajstić information content (AvgIpc) is 1.61. The number of aromatic nitrogens is 2. The topological polar surface area (TPSA) is 841 Å². The average molecular weight is 1870 g/mol. The van der Waals surface area contributed by atoms with Gasteiger partial charge in [-0.25, -0.2) is 9.78 Å². The largest absolute Gasteiger partial charge is 0.481 e. The zero-order valence-corrected chi connectivity index (χ0v) is 73.8. The van der Waals surface area contributed by atoms with E-state index in [2.05, 4.69) is 84.4 Å². The molecule has 1 heterocycles. The Morgan fingerprint density at radius 3 is 1.36 bits per heavy atom. The number of aromatic amines is 1. The zero-order valence-electron chi connectivity index (χ0n) is 73.8. The van der Waals surface area contributed by atoms with Crippen LogP contribution in [0.1, 0.15) is 167 Å². The van der Waals surface area contributed by atoms with Crippen molar-refractivity contribution in [3.8, 4) is 0 Å². The quantitative estimate of drug-likeness (QED) is 0.00623. The van der Waals surface area contributed by atoms with E-state index in [0.29, 0.717) is 31.4 Å². The number of nitro groups is 1. The zero-order chi connectivity index (χ0) is 98.9. The van der Waals surface area contributed by atoms with Gasteiger partial charge in [-0.3, -0.25) is 102 Å². The molecule has 0 fully saturated rings. The molecule has 0 spiro atoms. The number of aliphatic hydroxyl groups excluding tert-OH is 2. The number of carboxylic acid groups (broad SMARTS) is 3. The molecule has 0 aliphatic rings. The number of nitrogens with two attached hydrogens (primary N) is 5. The summed E-state index contributed by atoms with van der Waals surface area (Å²) in [5.74, 6) is -22.8. The molecule has 730 valence electrons. The predicted octanol–water partition coefficient (Wildman–Crippen LogP) is -7.42. The molecule has 0 radical (unpaired) electrons. The van der Waals surface area contributed by atoms with Crippen LogP contribution in [0.4, 0.5) is 5.69 Å². The molecular formula is C81H124N24O27. The molecule has 132 heavy (non-hydrogen) atoms. The first-order chi connectivity index (χ1) is 62.4. The third-order valence-electron chi connectivity index (χ3n) is 20.1. The Hall–Kier alpha value is -13.9. The summed E-state index contributed by atoms with van der Waals surface area (Å²) >= 11 is 0. The maximum Gasteiger partial charge on any atom is 0.328 e. The maximum absolute atomic E-state index is 14.9. The Balaban J connectivity index is 1.92. The van der Waals surface area contributed by atoms with Gasteiger partial charge in [-0.2, -0.15) is 0 Å². The lowest BCUT2D eigenvalue weighted by molar-refractivity contribution is -0.385. The number of hydrogen-bond donors (Lipinski definition) is 27. The fourth-order valence-electron chi connectivity index (χ4n) is 12.6. The fourth-order valence-corrected chi connectivity index (χ4v) is 12.6. The molecule has 2 aromatic carbocycles. The highest BCUT2D eigenvalue weighted by atomic mass is 16.6. The number of rotatable bonds is 64. The SMILES string of the molecule is CCCC[C@H](NC(=O)[C@H](Cc1c[nH]cn1)NC(=O)[C@H](CCC(N)=O)NC(=O)[C@H](CCCNC(=N)N)NC(=O)[C@H](CCC(=O)O)NC(=O)[C@H](Cc1ccccc1)NC(=O)[C@H](CCCCN)NC(=O)[C@H](C)NC(=O)[C@H](C)NC(=O)[C@H](C)NC(=O)[C@@H](NC(=O)[C@H](CCC(=O)OCc1ccccc1[N+](=O)[O-])NC(=O)[C@@H](N)CCCCN)[C@@H](C)O)C(=O)N[C@@H](CC(=O)O)C(=O)N[C@@H](CO)C(=O)O. The third-order valence-corrected chi connectivity index (χ3v) is 20.1. The van der Waals surface area contributed by atoms with Gasteiger partial charge >= 0.3 is 23.9 Å². The molecule has 51 heteroatoms. The Labute approximate surface area is 757 Å². The van der Waals surface area contributed by atoms with Crippen molar-refractivity contribution in [3.63, 3.8) is 0 Å². The molecule has 0 saturated heterocycles. The van der Waals surface area contributed by atoms with Gasteiger partial charge in [-0.05, 0) is 123 Å². The van der Waals surface area contributed by atoms with E-state index in [4.69, 9.17) is 38.8 Å². The van der Waals surface area contributed by atoms with Crippen molar-refractivity contribution in [2.24, 2.45) is 28.7 Å². The molecule has 0 bridgehead atoms. The molecule has 51 nitrogen and oxygen atoms in total. The maximum atomic E-state index is 14.9. The van der Waals surface area contributed by atoms with Crippen molar-refractivity contribution < 1.29 is 126 Å². The number of nitrogens with zero attached hydrogens (tertiary/aromatic N) is 2. The minimum atomic E-state index is -1.97. The second-order valence-corrected chi connectivity index (χ2v) is 30.9. The molecule has 32 N–H and O–H groups in total. The van der Waals surface area contributed by atoms with Gasteiger partial charge in [0.05, 0.1) is 47.7 Å². The molecule has 0 unspecified atom stereocenters. The van der Waals surface area contributed by atoms with Gasteiger partial charge in [-0.1, -0.05) is 68.7 Å². The normalized spacial score (nSPS) is 14.6. The lowest BCUT2D eigenvalue weighted by Gasteiger charge is -2.28. The molecule has 15 amide bonds. The number of esters is 1. The molecular weight excluding hydrogens is 1740 g/mol. The van der Waals surface area contributed by atoms with Crippen molar-refractivity contribution in [2.45, 2.75) is 266 Å². The van der Waals surface area contributed by atoms with Gasteiger partial charge in [0.2, 0.25) is 88.6 Å². The van der Waals surface area contributed by atoms with Crippen LogP contribution in [0.2, 0.25) is 0 Å². The first kappa shape index (κ1) is 112. The number of imidazole rings is 1. The minimum absolute atomic E-state index is 0.0557. The van der Waals surface area contributed by atoms with E-state index in [1.807, 2.05) is 5.32 Å². The molecule has 0 aliphatic heterocycles. The number of nitrogens with one attached hydrogen (secondary N) is 17. The second-order valence-electron chi connectivity index (χ2n) is 30.9. The summed E-state index contributed by atoms with van der Waals surface area (Å²) in [5, 5.41) is 104. The van der Waals surface area contributed by atoms with E-state index in [1.54, 1.807) is 37.3 Å². The van der Waals surface area contributed by atoms with Gasteiger partial charge in [0.1, 0.15) is 91.2 Å². The number of carbonyl (C=O) groups is 19. The number of ether oxygens (including phenoxy) is 1. The highest BCUT2D eigenvalue weighted by Gasteiger charge is 2.39. The summed E-state index contributed by atoms with van der Waals surface area (Å²) < 4.78 is 5.22. The third kappa shape index (κ3) is 42.1. The van der Waals surface area contributed by atoms with Gasteiger partial charge in [0.25, 0.3) is 5.69 Å². The number of carbonyl (C=O) groups excluding carboxylic acids is 16. The lowest BCUT2D eigenvalue weighted by Crippen LogP contribution is -2.61. The second kappa shape index (κ2) is 59.3. The van der Waals surface area contributed by atoms with E-state index in [9.17, 15) is 127 Å². The number of nitro benzene ring substituents is 1. The molecule has 0 saturated carbocycles. The monoisotopic (exact) mass is 1860 g/mol. The smallest absolute Gasteiger partial charge is 0.328 e. The van der Waals surface area contributed by atoms with Crippen LogP contribution in [-0.2, 0) is 115 Å². The number of benzene rings is 2. The summed E-state index contributed by atoms with van der Waals surface area (Å²) in [6.07, 6.45) is -3.57. The number of carboxylic acids is 3. The number of aliphatic hydroxyl groups is 2. The van der Waals surface area contributed by atoms with Gasteiger partial charge < -0.3 is 144 Å². The first-order valence-corrected chi connectivity index (χ1v) is 42.6. The van der Waals surface area contributed by atoms with E-state index < -0.39 is 291 Å². The van der Waals surface area contributed by atoms with Crippen LogP contribution in [0, 0.1) is 15.5 Å². The summed E-state index contributed by atoms with van der Waals surface area (Å²) in [7, 11) is 0. The number of hydrogen-bond acceptors (Lipinski definition) is 29. The lowest BCUT2D eigenvalue weighted by atomic mass is 10.0. The standard InChI is InChI=1S/C81H124N24O27/c1-6-7-22-50(71(119)102-58(37-63(111)112)78(126)103-59(39-106)80(128)129)97-77(125)57(36-48-38-88-41-90-48)101-74(122)53(26-29-61(85)108)98-70(118)52(24-17-34-89-81(86)87)96-73(121)54(27-30-62(109)110)99-76(124)56(35-46-18-9-8-10-19-46)100-72(120)51(23-14-16-33-83)94-68(116)44(4)92-66(114)42(2)91-67(115)43(3)93-79(127)65(45(5)107)104-75(123)55(95-69(117)49(84)21-13-15-32-82)28-31-64(113)132-40-47-20-11-12-25-60(47)105(130)131/h8-12,18-20,25,38,41-45,49-59,65,106-107H,6-7,13-17,21-24,26-37,39-40,82-84H2,1-5H3,(H2,85,108)(H,88,90)(H,91,115)(H,92,114)(H,93,127)(H,94,116)(H,95,117)(H,96,121)(H,97,125)(H,98,118)(H,99,124)(H,100,120)(H,101,122)(H,102,119)(H,103,126)(H,104,123)(H,109,110)(H,111,112)(H,128,129)(H4,86,87,89)/t42-,43-,44-,45+,49-,50-,51-,52-,53-,54-,55-,56-,57-,58-,59-,65-/m0/s1. The summed E-state index contributed by atoms with van der Waals surface area (Å²) in [5.41, 5.74) is 28.7. The van der Waals surface area contributed by atoms with Crippen molar-refractivity contribution in [1.29, 1.82) is 5.41 Å². The van der Waals surface area contributed by atoms with Gasteiger partial charge in [0.15, 0.2) is 5.96 Å². The van der Waals surface area contributed by atoms with E-state index in [1.165, 1.54) is 57.6 Å². The summed E-state index contributed by atoms with van der Waals surface area (Å²) in [6.45, 7) is 5.00. The Morgan fingerprint density at radius 1 is 0.477 bits per heavy atom. The molecule has 3 aromatic rings. The van der Waals surface area contributed by atoms with Crippen LogP contribution in [0.5, 0.6) is 0 Å². The molecule has 0 aliphatic carbocycles. The van der Waals surface area contributed by atoms with Gasteiger partial charge in [-0.15, -0.1) is 0 Å². The molecule has 3 rings (SSSR count). The van der Waals surface area contributed by atoms with Crippen LogP contribution in [0.15, 0.2) is 67.1 Å². The number of guanidine groups is 1. The van der Waals surface area contributed by atoms with Crippen LogP contribution < -0.4 is 108 Å². The summed E-state index contributed by atoms with van der Waals surface area (Å²) in [6, 6.07) is -11.7. The Bertz CT molecular complexity index is 4410. The number of H-pyrrole nitrogens is 1. The number of para-hydroxylation sites is 1. The summed E-state index contributed by atoms with van der Waals surface area (Å²) in [4.78, 5) is 276. The van der Waals surface area contributed by atoms with Crippen molar-refractivity contribution in [3.05, 3.63) is 94.1 Å². The highest BCUT2D eigenvalue weighted by molar-refractivity contribution is 6.01. The van der Waals surface area contributed by atoms with Crippen LogP contribution in [0.25, 0.3) is 0 Å². The Kier molecular flexibility index (Phi) is 50.4. The fraction of sp³-hybridized carbons (Fsp3) is 0.568. The number of aliphatic carboxylic acids is 3. The van der Waals surface area contributed by atoms with Crippen LogP contribution >= 0.6 is 0 Å². The van der Waals surface area contributed by atoms with E-state index in [-0.39, 0.29) is 81.4 Å². The highest BCUT2D eigenvalue weighted by Crippen LogP contribution is 2.20. The van der Waals surface area contributed by atoms with Crippen molar-refractivity contribution >= 4 is 124 Å². The Morgan fingerprint density at radius 2 is 0.894 bits per heavy atom. The van der Waals surface area contributed by atoms with E-state index in [0.717, 1.165) is 6.92 Å². The number of unbranched alkanes of at least 4 members (excludes halogenated alkanes) is 3. The van der Waals surface area contributed by atoms with Gasteiger partial charge in [0, 0.05) is 50.9 Å². The first-order valence-electron chi connectivity index (χ1n) is 42.6.